The van der Waals surface area contributed by atoms with Gasteiger partial charge in [0, 0.05) is 41.9 Å². The molecule has 35 heavy (non-hydrogen) atoms. The van der Waals surface area contributed by atoms with Crippen LogP contribution in [0.1, 0.15) is 59.2 Å². The van der Waals surface area contributed by atoms with Crippen LogP contribution in [0.25, 0.3) is 22.3 Å². The fourth-order valence-electron chi connectivity index (χ4n) is 4.59. The quantitative estimate of drug-likeness (QED) is 0.531. The van der Waals surface area contributed by atoms with Gasteiger partial charge < -0.3 is 14.6 Å². The van der Waals surface area contributed by atoms with Crippen molar-refractivity contribution in [3.63, 3.8) is 0 Å². The number of rotatable bonds is 4. The van der Waals surface area contributed by atoms with E-state index in [1.165, 1.54) is 16.2 Å². The molecule has 0 saturated heterocycles. The van der Waals surface area contributed by atoms with E-state index in [4.69, 9.17) is 4.74 Å². The molecule has 3 aromatic rings. The van der Waals surface area contributed by atoms with Gasteiger partial charge in [-0.05, 0) is 70.6 Å². The van der Waals surface area contributed by atoms with Gasteiger partial charge in [0.2, 0.25) is 5.91 Å². The summed E-state index contributed by atoms with van der Waals surface area (Å²) in [7, 11) is 3.30. The van der Waals surface area contributed by atoms with Gasteiger partial charge in [0.15, 0.2) is 0 Å². The van der Waals surface area contributed by atoms with Crippen molar-refractivity contribution in [3.05, 3.63) is 35.5 Å². The van der Waals surface area contributed by atoms with Gasteiger partial charge in [-0.1, -0.05) is 19.9 Å². The maximum Gasteiger partial charge on any atom is 0.410 e. The van der Waals surface area contributed by atoms with Crippen molar-refractivity contribution in [2.75, 3.05) is 19.0 Å². The fourth-order valence-corrected chi connectivity index (χ4v) is 4.59. The zero-order valence-corrected chi connectivity index (χ0v) is 22.1. The van der Waals surface area contributed by atoms with Crippen LogP contribution in [0.4, 0.5) is 10.5 Å². The summed E-state index contributed by atoms with van der Waals surface area (Å²) >= 11 is 0. The van der Waals surface area contributed by atoms with Gasteiger partial charge in [0.1, 0.15) is 17.3 Å². The minimum atomic E-state index is -0.676. The average molecular weight is 480 g/mol. The third kappa shape index (κ3) is 5.06. The van der Waals surface area contributed by atoms with Crippen molar-refractivity contribution in [1.82, 2.24) is 20.1 Å². The highest BCUT2D eigenvalue weighted by Crippen LogP contribution is 2.38. The largest absolute Gasteiger partial charge is 0.444 e. The maximum atomic E-state index is 13.1. The Morgan fingerprint density at radius 3 is 2.57 bits per heavy atom. The number of aromatic amines is 2. The van der Waals surface area contributed by atoms with E-state index < -0.39 is 17.7 Å². The lowest BCUT2D eigenvalue weighted by Crippen LogP contribution is -2.48. The Morgan fingerprint density at radius 1 is 1.17 bits per heavy atom. The predicted octanol–water partition coefficient (Wildman–Crippen LogP) is 5.29. The zero-order valence-electron chi connectivity index (χ0n) is 22.1. The van der Waals surface area contributed by atoms with E-state index in [1.54, 1.807) is 46.7 Å². The van der Waals surface area contributed by atoms with Crippen LogP contribution in [0.3, 0.4) is 0 Å². The summed E-state index contributed by atoms with van der Waals surface area (Å²) in [4.78, 5) is 32.0. The molecule has 0 fully saturated rings. The Balaban J connectivity index is 1.54. The van der Waals surface area contributed by atoms with E-state index in [9.17, 15) is 9.59 Å². The maximum absolute atomic E-state index is 13.1. The number of ether oxygens (including phenoxy) is 1. The monoisotopic (exact) mass is 479 g/mol. The highest BCUT2D eigenvalue weighted by Gasteiger charge is 2.31. The minimum Gasteiger partial charge on any atom is -0.444 e. The molecule has 8 heteroatoms. The van der Waals surface area contributed by atoms with Crippen molar-refractivity contribution >= 4 is 28.6 Å². The first-order valence-electron chi connectivity index (χ1n) is 12.2. The van der Waals surface area contributed by atoms with Crippen molar-refractivity contribution in [2.24, 2.45) is 5.41 Å². The third-order valence-corrected chi connectivity index (χ3v) is 6.86. The lowest BCUT2D eigenvalue weighted by atomic mass is 9.76. The number of nitrogens with zero attached hydrogens (tertiary/aromatic N) is 3. The number of anilines is 1. The van der Waals surface area contributed by atoms with Gasteiger partial charge in [-0.2, -0.15) is 5.10 Å². The molecule has 2 amide bonds. The summed E-state index contributed by atoms with van der Waals surface area (Å²) in [5, 5.41) is 8.93. The summed E-state index contributed by atoms with van der Waals surface area (Å²) in [6.45, 7) is 11.7. The molecule has 0 spiro atoms. The number of carbonyl (C=O) groups excluding carboxylic acids is 2. The summed E-state index contributed by atoms with van der Waals surface area (Å²) in [6.07, 6.45) is 2.62. The van der Waals surface area contributed by atoms with Crippen LogP contribution < -0.4 is 4.90 Å². The van der Waals surface area contributed by atoms with Crippen LogP contribution in [0.2, 0.25) is 0 Å². The number of carbonyl (C=O) groups is 2. The topological polar surface area (TPSA) is 94.3 Å². The molecule has 188 valence electrons. The van der Waals surface area contributed by atoms with Crippen LogP contribution in [0.5, 0.6) is 0 Å². The first-order chi connectivity index (χ1) is 16.3. The zero-order chi connectivity index (χ0) is 25.7. The second kappa shape index (κ2) is 8.73. The minimum absolute atomic E-state index is 0.200. The van der Waals surface area contributed by atoms with Crippen LogP contribution in [0.15, 0.2) is 24.3 Å². The second-order valence-corrected chi connectivity index (χ2v) is 11.5. The van der Waals surface area contributed by atoms with E-state index in [0.29, 0.717) is 0 Å². The van der Waals surface area contributed by atoms with Gasteiger partial charge in [0.25, 0.3) is 0 Å². The molecule has 2 aromatic heterocycles. The Bertz CT molecular complexity index is 1260. The first-order valence-corrected chi connectivity index (χ1v) is 12.2. The number of nitrogens with one attached hydrogen (secondary N) is 2. The van der Waals surface area contributed by atoms with E-state index in [-0.39, 0.29) is 11.3 Å². The highest BCUT2D eigenvalue weighted by atomic mass is 16.6. The molecule has 2 N–H and O–H groups in total. The standard InChI is InChI=1S/C27H37N5O3/c1-16(31(7)25(34)35-26(2,3)4)24(33)32(8)18-10-9-17-13-21(28-20(17)14-18)23-19-11-12-27(5,6)15-22(19)29-30-23/h9-10,13-14,16,28H,11-12,15H2,1-8H3,(H,29,30)/t16-/m0/s1. The second-order valence-electron chi connectivity index (χ2n) is 11.5. The first kappa shape index (κ1) is 24.8. The molecular formula is C27H37N5O3. The number of amides is 2. The normalized spacial score (nSPS) is 16.0. The number of benzene rings is 1. The fraction of sp³-hybridized carbons (Fsp3) is 0.519. The van der Waals surface area contributed by atoms with E-state index >= 15 is 0 Å². The van der Waals surface area contributed by atoms with Gasteiger partial charge >= 0.3 is 6.09 Å². The van der Waals surface area contributed by atoms with Gasteiger partial charge in [-0.3, -0.25) is 14.8 Å². The van der Waals surface area contributed by atoms with Gasteiger partial charge in [-0.15, -0.1) is 0 Å². The summed E-state index contributed by atoms with van der Waals surface area (Å²) in [6, 6.07) is 7.30. The van der Waals surface area contributed by atoms with E-state index in [1.807, 2.05) is 18.2 Å². The van der Waals surface area contributed by atoms with Gasteiger partial charge in [0.05, 0.1) is 5.69 Å². The molecule has 0 radical (unpaired) electrons. The molecule has 1 aliphatic rings. The number of H-pyrrole nitrogens is 2. The molecule has 2 heterocycles. The van der Waals surface area contributed by atoms with E-state index in [2.05, 4.69) is 35.1 Å². The Morgan fingerprint density at radius 2 is 1.89 bits per heavy atom. The summed E-state index contributed by atoms with van der Waals surface area (Å²) in [5.41, 5.74) is 5.81. The molecule has 0 aliphatic heterocycles. The molecular weight excluding hydrogens is 442 g/mol. The van der Waals surface area contributed by atoms with Gasteiger partial charge in [-0.25, -0.2) is 4.79 Å². The molecule has 1 atom stereocenters. The van der Waals surface area contributed by atoms with Crippen molar-refractivity contribution < 1.29 is 14.3 Å². The van der Waals surface area contributed by atoms with Crippen LogP contribution >= 0.6 is 0 Å². The molecule has 0 bridgehead atoms. The number of hydrogen-bond acceptors (Lipinski definition) is 4. The smallest absolute Gasteiger partial charge is 0.410 e. The lowest BCUT2D eigenvalue weighted by molar-refractivity contribution is -0.122. The van der Waals surface area contributed by atoms with Crippen LogP contribution in [-0.4, -0.2) is 57.8 Å². The van der Waals surface area contributed by atoms with Crippen molar-refractivity contribution in [3.8, 4) is 11.4 Å². The SMILES string of the molecule is C[C@@H](C(=O)N(C)c1ccc2cc(-c3n[nH]c4c3CCC(C)(C)C4)[nH]c2c1)N(C)C(=O)OC(C)(C)C. The summed E-state index contributed by atoms with van der Waals surface area (Å²) < 4.78 is 5.41. The Kier molecular flexibility index (Phi) is 6.19. The third-order valence-electron chi connectivity index (χ3n) is 6.86. The Labute approximate surface area is 207 Å². The number of hydrogen-bond donors (Lipinski definition) is 2. The average Bonchev–Trinajstić information content (AvgIpc) is 3.37. The van der Waals surface area contributed by atoms with E-state index in [0.717, 1.165) is 47.2 Å². The number of fused-ring (bicyclic) bond motifs is 2. The highest BCUT2D eigenvalue weighted by molar-refractivity contribution is 6.00. The predicted molar refractivity (Wildman–Crippen MR) is 139 cm³/mol. The molecule has 1 aliphatic carbocycles. The molecule has 1 aromatic carbocycles. The molecule has 4 rings (SSSR count). The number of likely N-dealkylation sites (N-methyl/N-ethyl adjacent to an activating group) is 2. The van der Waals surface area contributed by atoms with Crippen molar-refractivity contribution in [1.29, 1.82) is 0 Å². The lowest BCUT2D eigenvalue weighted by Gasteiger charge is -2.30. The van der Waals surface area contributed by atoms with Crippen LogP contribution in [0, 0.1) is 5.41 Å². The Hall–Kier alpha value is -3.29. The molecule has 0 saturated carbocycles. The summed E-state index contributed by atoms with van der Waals surface area (Å²) in [5.74, 6) is -0.200. The molecule has 0 unspecified atom stereocenters. The molecule has 8 nitrogen and oxygen atoms in total. The van der Waals surface area contributed by atoms with Crippen LogP contribution in [-0.2, 0) is 22.4 Å². The number of aromatic nitrogens is 3. The van der Waals surface area contributed by atoms with Crippen molar-refractivity contribution in [2.45, 2.75) is 72.4 Å².